The molecule has 0 aliphatic rings. The first-order valence-electron chi connectivity index (χ1n) is 13.9. The Balaban J connectivity index is -0.000000218. The first-order chi connectivity index (χ1) is 16.2. The molecule has 6 nitrogen and oxygen atoms in total. The predicted molar refractivity (Wildman–Crippen MR) is 151 cm³/mol. The van der Waals surface area contributed by atoms with Gasteiger partial charge in [-0.3, -0.25) is 14.4 Å². The number of carboxylic acid groups (broad SMARTS) is 3. The molecule has 0 amide bonds. The Morgan fingerprint density at radius 1 is 0.405 bits per heavy atom. The van der Waals surface area contributed by atoms with E-state index in [-0.39, 0.29) is 19.5 Å². The fourth-order valence-electron chi connectivity index (χ4n) is 3.32. The van der Waals surface area contributed by atoms with Crippen LogP contribution in [0.25, 0.3) is 0 Å². The largest absolute Gasteiger partial charge is 0.481 e. The minimum atomic E-state index is -0.675. The SMILES string of the molecule is CC(C)(C)CCCCCC(=O)O.CC(C)(C)CCCCCC(=O)O.CC(C)(C)CCCCCC(=O)O.[Zn]. The van der Waals surface area contributed by atoms with E-state index in [1.165, 1.54) is 19.3 Å². The van der Waals surface area contributed by atoms with Crippen LogP contribution in [-0.4, -0.2) is 33.2 Å². The summed E-state index contributed by atoms with van der Waals surface area (Å²) in [5.74, 6) is -2.03. The zero-order chi connectivity index (χ0) is 28.8. The third-order valence-electron chi connectivity index (χ3n) is 5.45. The van der Waals surface area contributed by atoms with Crippen LogP contribution in [0.5, 0.6) is 0 Å². The van der Waals surface area contributed by atoms with E-state index >= 15 is 0 Å². The van der Waals surface area contributed by atoms with Gasteiger partial charge in [0, 0.05) is 38.7 Å². The van der Waals surface area contributed by atoms with Crippen molar-refractivity contribution in [1.29, 1.82) is 0 Å². The van der Waals surface area contributed by atoms with Crippen molar-refractivity contribution in [2.24, 2.45) is 16.2 Å². The Bertz CT molecular complexity index is 487. The van der Waals surface area contributed by atoms with Gasteiger partial charge in [-0.1, -0.05) is 101 Å². The van der Waals surface area contributed by atoms with Crippen molar-refractivity contribution in [1.82, 2.24) is 0 Å². The number of unbranched alkanes of at least 4 members (excludes halogenated alkanes) is 6. The summed E-state index contributed by atoms with van der Waals surface area (Å²) in [4.78, 5) is 30.5. The molecule has 37 heavy (non-hydrogen) atoms. The van der Waals surface area contributed by atoms with E-state index in [1.54, 1.807) is 0 Å². The predicted octanol–water partition coefficient (Wildman–Crippen LogP) is 9.20. The quantitative estimate of drug-likeness (QED) is 0.131. The van der Waals surface area contributed by atoms with Gasteiger partial charge in [-0.2, -0.15) is 0 Å². The van der Waals surface area contributed by atoms with E-state index in [9.17, 15) is 14.4 Å². The van der Waals surface area contributed by atoms with Gasteiger partial charge in [0.2, 0.25) is 0 Å². The monoisotopic (exact) mass is 580 g/mol. The van der Waals surface area contributed by atoms with Gasteiger partial charge in [0.05, 0.1) is 0 Å². The maximum atomic E-state index is 10.2. The van der Waals surface area contributed by atoms with Gasteiger partial charge >= 0.3 is 17.9 Å². The Labute approximate surface area is 241 Å². The third-order valence-corrected chi connectivity index (χ3v) is 5.45. The molecule has 0 saturated carbocycles. The van der Waals surface area contributed by atoms with Gasteiger partial charge < -0.3 is 15.3 Å². The average Bonchev–Trinajstić information content (AvgIpc) is 2.65. The number of hydrogen-bond donors (Lipinski definition) is 3. The van der Waals surface area contributed by atoms with Crippen molar-refractivity contribution >= 4 is 17.9 Å². The second kappa shape index (κ2) is 24.1. The van der Waals surface area contributed by atoms with Crippen molar-refractivity contribution < 1.29 is 49.2 Å². The summed E-state index contributed by atoms with van der Waals surface area (Å²) in [7, 11) is 0. The molecular weight excluding hydrogens is 522 g/mol. The normalized spacial score (nSPS) is 11.3. The summed E-state index contributed by atoms with van der Waals surface area (Å²) in [6.07, 6.45) is 13.6. The summed E-state index contributed by atoms with van der Waals surface area (Å²) in [5.41, 5.74) is 1.18. The zero-order valence-electron chi connectivity index (χ0n) is 25.9. The summed E-state index contributed by atoms with van der Waals surface area (Å²) >= 11 is 0. The molecule has 0 fully saturated rings. The van der Waals surface area contributed by atoms with Gasteiger partial charge in [0.25, 0.3) is 0 Å². The molecule has 0 aromatic heterocycles. The van der Waals surface area contributed by atoms with Gasteiger partial charge in [0.1, 0.15) is 0 Å². The molecule has 0 rings (SSSR count). The standard InChI is InChI=1S/3C10H20O2.Zn/c3*1-10(2,3)8-6-4-5-7-9(11)12;/h3*4-8H2,1-3H3,(H,11,12);. The first kappa shape index (κ1) is 43.1. The molecule has 0 unspecified atom stereocenters. The Morgan fingerprint density at radius 3 is 0.730 bits per heavy atom. The van der Waals surface area contributed by atoms with Crippen molar-refractivity contribution in [2.75, 3.05) is 0 Å². The Hall–Kier alpha value is -0.967. The van der Waals surface area contributed by atoms with E-state index < -0.39 is 17.9 Å². The van der Waals surface area contributed by atoms with Crippen LogP contribution in [-0.2, 0) is 33.9 Å². The second-order valence-electron chi connectivity index (χ2n) is 13.5. The smallest absolute Gasteiger partial charge is 0.303 e. The molecule has 0 aliphatic heterocycles. The number of aliphatic carboxylic acids is 3. The average molecular weight is 582 g/mol. The van der Waals surface area contributed by atoms with Crippen LogP contribution in [0.2, 0.25) is 0 Å². The van der Waals surface area contributed by atoms with Crippen LogP contribution < -0.4 is 0 Å². The van der Waals surface area contributed by atoms with E-state index in [2.05, 4.69) is 62.3 Å². The Kier molecular flexibility index (Phi) is 28.1. The number of carbonyl (C=O) groups is 3. The van der Waals surface area contributed by atoms with Crippen LogP contribution in [0.4, 0.5) is 0 Å². The van der Waals surface area contributed by atoms with Crippen LogP contribution in [0, 0.1) is 16.2 Å². The molecule has 3 N–H and O–H groups in total. The molecule has 0 heterocycles. The van der Waals surface area contributed by atoms with Crippen LogP contribution in [0.15, 0.2) is 0 Å². The number of rotatable bonds is 15. The van der Waals surface area contributed by atoms with Crippen molar-refractivity contribution in [3.63, 3.8) is 0 Å². The summed E-state index contributed by atoms with van der Waals surface area (Å²) in [6.45, 7) is 19.9. The van der Waals surface area contributed by atoms with E-state index in [0.717, 1.165) is 57.8 Å². The summed E-state index contributed by atoms with van der Waals surface area (Å²) < 4.78 is 0. The molecule has 0 spiro atoms. The molecule has 0 radical (unpaired) electrons. The number of hydrogen-bond acceptors (Lipinski definition) is 3. The summed E-state index contributed by atoms with van der Waals surface area (Å²) in [6, 6.07) is 0. The topological polar surface area (TPSA) is 112 Å². The van der Waals surface area contributed by atoms with Crippen molar-refractivity contribution in [2.45, 2.75) is 159 Å². The third kappa shape index (κ3) is 56.4. The maximum Gasteiger partial charge on any atom is 0.303 e. The molecule has 0 bridgehead atoms. The molecule has 0 atom stereocenters. The zero-order valence-corrected chi connectivity index (χ0v) is 28.8. The van der Waals surface area contributed by atoms with Gasteiger partial charge in [0.15, 0.2) is 0 Å². The maximum absolute atomic E-state index is 10.2. The Morgan fingerprint density at radius 2 is 0.595 bits per heavy atom. The molecule has 0 aromatic rings. The molecule has 7 heteroatoms. The first-order valence-corrected chi connectivity index (χ1v) is 13.9. The van der Waals surface area contributed by atoms with Crippen molar-refractivity contribution in [3.05, 3.63) is 0 Å². The molecule has 0 aliphatic carbocycles. The van der Waals surface area contributed by atoms with Gasteiger partial charge in [-0.25, -0.2) is 0 Å². The van der Waals surface area contributed by atoms with Crippen LogP contribution in [0.3, 0.4) is 0 Å². The second-order valence-corrected chi connectivity index (χ2v) is 13.5. The molecule has 0 saturated heterocycles. The minimum Gasteiger partial charge on any atom is -0.481 e. The van der Waals surface area contributed by atoms with E-state index in [4.69, 9.17) is 15.3 Å². The van der Waals surface area contributed by atoms with Crippen LogP contribution >= 0.6 is 0 Å². The van der Waals surface area contributed by atoms with E-state index in [1.807, 2.05) is 0 Å². The molecule has 218 valence electrons. The van der Waals surface area contributed by atoms with Crippen molar-refractivity contribution in [3.8, 4) is 0 Å². The minimum absolute atomic E-state index is 0. The molecule has 0 aromatic carbocycles. The summed E-state index contributed by atoms with van der Waals surface area (Å²) in [5, 5.41) is 25.1. The number of carboxylic acids is 3. The fraction of sp³-hybridized carbons (Fsp3) is 0.900. The van der Waals surface area contributed by atoms with Gasteiger partial charge in [-0.15, -0.1) is 0 Å². The molecular formula is C30H60O6Zn. The fourth-order valence-corrected chi connectivity index (χ4v) is 3.32. The van der Waals surface area contributed by atoms with Gasteiger partial charge in [-0.05, 0) is 54.8 Å². The van der Waals surface area contributed by atoms with Crippen LogP contribution in [0.1, 0.15) is 159 Å². The van der Waals surface area contributed by atoms with E-state index in [0.29, 0.717) is 35.5 Å².